The van der Waals surface area contributed by atoms with Gasteiger partial charge < -0.3 is 14.4 Å². The second-order valence-corrected chi connectivity index (χ2v) is 6.19. The van der Waals surface area contributed by atoms with Crippen LogP contribution in [0.2, 0.25) is 0 Å². The Balaban J connectivity index is 2.27. The van der Waals surface area contributed by atoms with E-state index in [9.17, 15) is 9.59 Å². The lowest BCUT2D eigenvalue weighted by atomic mass is 10.1. The Bertz CT molecular complexity index is 538. The van der Waals surface area contributed by atoms with Crippen LogP contribution in [-0.2, 0) is 4.79 Å². The van der Waals surface area contributed by atoms with Gasteiger partial charge in [-0.1, -0.05) is 0 Å². The van der Waals surface area contributed by atoms with Crippen LogP contribution in [0.4, 0.5) is 0 Å². The number of carboxylic acid groups (broad SMARTS) is 1. The topological polar surface area (TPSA) is 70.8 Å². The summed E-state index contributed by atoms with van der Waals surface area (Å²) >= 11 is 1.69. The zero-order valence-corrected chi connectivity index (χ0v) is 12.7. The summed E-state index contributed by atoms with van der Waals surface area (Å²) in [6.07, 6.45) is -0.00628. The normalized spacial score (nSPS) is 19.1. The molecular weight excluding hydrogens is 278 g/mol. The molecule has 1 atom stereocenters. The second-order valence-electron chi connectivity index (χ2n) is 5.04. The van der Waals surface area contributed by atoms with E-state index in [0.29, 0.717) is 23.6 Å². The predicted octanol–water partition coefficient (Wildman–Crippen LogP) is 2.24. The molecule has 0 radical (unpaired) electrons. The maximum absolute atomic E-state index is 12.7. The number of thioether (sulfide) groups is 1. The molecule has 2 heterocycles. The Morgan fingerprint density at radius 1 is 1.35 bits per heavy atom. The van der Waals surface area contributed by atoms with Crippen LogP contribution in [0.5, 0.6) is 0 Å². The van der Waals surface area contributed by atoms with Gasteiger partial charge in [0, 0.05) is 23.6 Å². The van der Waals surface area contributed by atoms with Crippen molar-refractivity contribution < 1.29 is 19.1 Å². The maximum atomic E-state index is 12.7. The van der Waals surface area contributed by atoms with Crippen molar-refractivity contribution in [3.05, 3.63) is 22.6 Å². The summed E-state index contributed by atoms with van der Waals surface area (Å²) in [5, 5.41) is 8.98. The van der Waals surface area contributed by atoms with Gasteiger partial charge in [-0.15, -0.1) is 0 Å². The first-order valence-electron chi connectivity index (χ1n) is 6.59. The molecule has 1 aromatic rings. The second kappa shape index (κ2) is 5.91. The number of amides is 1. The molecule has 0 spiro atoms. The van der Waals surface area contributed by atoms with E-state index in [0.717, 1.165) is 17.1 Å². The Morgan fingerprint density at radius 2 is 2.05 bits per heavy atom. The summed E-state index contributed by atoms with van der Waals surface area (Å²) < 4.78 is 5.50. The van der Waals surface area contributed by atoms with E-state index >= 15 is 0 Å². The highest BCUT2D eigenvalue weighted by Crippen LogP contribution is 2.26. The first-order valence-corrected chi connectivity index (χ1v) is 7.74. The summed E-state index contributed by atoms with van der Waals surface area (Å²) in [5.41, 5.74) is 1.43. The number of nitrogens with zero attached hydrogens (tertiary/aromatic N) is 1. The molecule has 1 fully saturated rings. The molecule has 20 heavy (non-hydrogen) atoms. The summed E-state index contributed by atoms with van der Waals surface area (Å²) in [5.74, 6) is 1.89. The van der Waals surface area contributed by atoms with Crippen LogP contribution in [0.1, 0.15) is 33.9 Å². The molecule has 2 rings (SSSR count). The first-order chi connectivity index (χ1) is 9.41. The van der Waals surface area contributed by atoms with Gasteiger partial charge in [-0.2, -0.15) is 11.8 Å². The zero-order valence-electron chi connectivity index (χ0n) is 11.9. The van der Waals surface area contributed by atoms with E-state index in [2.05, 4.69) is 0 Å². The third kappa shape index (κ3) is 2.85. The summed E-state index contributed by atoms with van der Waals surface area (Å²) in [4.78, 5) is 25.3. The predicted molar refractivity (Wildman–Crippen MR) is 77.3 cm³/mol. The molecule has 0 bridgehead atoms. The minimum atomic E-state index is -0.868. The van der Waals surface area contributed by atoms with Gasteiger partial charge in [-0.25, -0.2) is 0 Å². The molecule has 0 saturated carbocycles. The third-order valence-electron chi connectivity index (χ3n) is 3.67. The minimum absolute atomic E-state index is 0.00628. The lowest BCUT2D eigenvalue weighted by Gasteiger charge is -2.34. The van der Waals surface area contributed by atoms with Crippen LogP contribution in [0, 0.1) is 20.8 Å². The number of aliphatic carboxylic acids is 1. The van der Waals surface area contributed by atoms with Crippen LogP contribution in [0.15, 0.2) is 4.42 Å². The van der Waals surface area contributed by atoms with Crippen molar-refractivity contribution in [3.8, 4) is 0 Å². The van der Waals surface area contributed by atoms with Gasteiger partial charge in [0.2, 0.25) is 0 Å². The number of aryl methyl sites for hydroxylation is 2. The first kappa shape index (κ1) is 15.0. The van der Waals surface area contributed by atoms with Gasteiger partial charge in [-0.05, 0) is 20.8 Å². The average molecular weight is 297 g/mol. The van der Waals surface area contributed by atoms with Gasteiger partial charge >= 0.3 is 5.97 Å². The molecule has 1 N–H and O–H groups in total. The number of carbonyl (C=O) groups excluding carboxylic acids is 1. The van der Waals surface area contributed by atoms with E-state index in [1.54, 1.807) is 23.6 Å². The Hall–Kier alpha value is -1.43. The highest BCUT2D eigenvalue weighted by atomic mass is 32.2. The van der Waals surface area contributed by atoms with E-state index in [4.69, 9.17) is 9.52 Å². The number of carboxylic acids is 1. The molecule has 6 heteroatoms. The number of carbonyl (C=O) groups is 2. The van der Waals surface area contributed by atoms with Gasteiger partial charge in [-0.3, -0.25) is 9.59 Å². The fraction of sp³-hybridized carbons (Fsp3) is 0.571. The van der Waals surface area contributed by atoms with Crippen molar-refractivity contribution in [1.82, 2.24) is 4.90 Å². The third-order valence-corrected chi connectivity index (χ3v) is 4.77. The molecule has 110 valence electrons. The van der Waals surface area contributed by atoms with Gasteiger partial charge in [0.15, 0.2) is 0 Å². The summed E-state index contributed by atoms with van der Waals surface area (Å²) in [7, 11) is 0. The number of hydrogen-bond donors (Lipinski definition) is 1. The van der Waals surface area contributed by atoms with Crippen molar-refractivity contribution in [2.75, 3.05) is 18.1 Å². The molecule has 0 aliphatic carbocycles. The quantitative estimate of drug-likeness (QED) is 0.926. The van der Waals surface area contributed by atoms with Gasteiger partial charge in [0.1, 0.15) is 11.5 Å². The monoisotopic (exact) mass is 297 g/mol. The smallest absolute Gasteiger partial charge is 0.305 e. The standard InChI is InChI=1S/C14H19NO4S/c1-8-9(2)19-10(3)13(8)14(18)15-4-5-20-7-11(15)6-12(16)17/h11H,4-7H2,1-3H3,(H,16,17). The molecule has 1 saturated heterocycles. The van der Waals surface area contributed by atoms with Crippen molar-refractivity contribution in [2.45, 2.75) is 33.2 Å². The van der Waals surface area contributed by atoms with Gasteiger partial charge in [0.25, 0.3) is 5.91 Å². The lowest BCUT2D eigenvalue weighted by molar-refractivity contribution is -0.138. The SMILES string of the molecule is Cc1oc(C)c(C(=O)N2CCSCC2CC(=O)O)c1C. The van der Waals surface area contributed by atoms with Crippen molar-refractivity contribution in [2.24, 2.45) is 0 Å². The van der Waals surface area contributed by atoms with Crippen molar-refractivity contribution in [1.29, 1.82) is 0 Å². The molecule has 1 unspecified atom stereocenters. The van der Waals surface area contributed by atoms with Crippen molar-refractivity contribution >= 4 is 23.6 Å². The van der Waals surface area contributed by atoms with E-state index in [1.807, 2.05) is 13.8 Å². The Kier molecular flexibility index (Phi) is 4.42. The number of hydrogen-bond acceptors (Lipinski definition) is 4. The molecule has 1 aromatic heterocycles. The van der Waals surface area contributed by atoms with E-state index in [1.165, 1.54) is 0 Å². The Morgan fingerprint density at radius 3 is 2.60 bits per heavy atom. The molecule has 1 aliphatic heterocycles. The average Bonchev–Trinajstić information content (AvgIpc) is 2.62. The zero-order chi connectivity index (χ0) is 14.9. The fourth-order valence-electron chi connectivity index (χ4n) is 2.54. The van der Waals surface area contributed by atoms with Crippen LogP contribution < -0.4 is 0 Å². The molecule has 1 amide bonds. The molecular formula is C14H19NO4S. The van der Waals surface area contributed by atoms with Crippen LogP contribution in [-0.4, -0.2) is 46.0 Å². The van der Waals surface area contributed by atoms with Crippen LogP contribution in [0.3, 0.4) is 0 Å². The number of rotatable bonds is 3. The summed E-state index contributed by atoms with van der Waals surface area (Å²) in [6, 6.07) is -0.243. The lowest BCUT2D eigenvalue weighted by Crippen LogP contribution is -2.47. The molecule has 1 aliphatic rings. The number of furan rings is 1. The minimum Gasteiger partial charge on any atom is -0.481 e. The fourth-order valence-corrected chi connectivity index (χ4v) is 3.61. The Labute approximate surface area is 122 Å². The highest BCUT2D eigenvalue weighted by Gasteiger charge is 2.32. The molecule has 0 aromatic carbocycles. The van der Waals surface area contributed by atoms with E-state index in [-0.39, 0.29) is 18.4 Å². The van der Waals surface area contributed by atoms with Crippen molar-refractivity contribution in [3.63, 3.8) is 0 Å². The summed E-state index contributed by atoms with van der Waals surface area (Å²) in [6.45, 7) is 6.06. The molecule has 5 nitrogen and oxygen atoms in total. The van der Waals surface area contributed by atoms with Gasteiger partial charge in [0.05, 0.1) is 18.0 Å². The van der Waals surface area contributed by atoms with Crippen LogP contribution in [0.25, 0.3) is 0 Å². The van der Waals surface area contributed by atoms with E-state index < -0.39 is 5.97 Å². The largest absolute Gasteiger partial charge is 0.481 e. The maximum Gasteiger partial charge on any atom is 0.305 e. The van der Waals surface area contributed by atoms with Crippen LogP contribution >= 0.6 is 11.8 Å². The highest BCUT2D eigenvalue weighted by molar-refractivity contribution is 7.99.